The van der Waals surface area contributed by atoms with Crippen LogP contribution in [0.5, 0.6) is 0 Å². The molecule has 0 radical (unpaired) electrons. The molecule has 0 fully saturated rings. The number of hydrogen-bond acceptors (Lipinski definition) is 4. The Morgan fingerprint density at radius 2 is 1.42 bits per heavy atom. The third-order valence-corrected chi connectivity index (χ3v) is 7.71. The lowest BCUT2D eigenvalue weighted by atomic mass is 10.1. The summed E-state index contributed by atoms with van der Waals surface area (Å²) in [6, 6.07) is 21.9. The van der Waals surface area contributed by atoms with Gasteiger partial charge in [-0.05, 0) is 57.5 Å². The van der Waals surface area contributed by atoms with Gasteiger partial charge in [0, 0.05) is 13.1 Å². The molecule has 0 saturated carbocycles. The van der Waals surface area contributed by atoms with Gasteiger partial charge in [-0.1, -0.05) is 65.7 Å². The molecule has 3 aromatic rings. The molecular weight excluding hydrogens is 474 g/mol. The van der Waals surface area contributed by atoms with Gasteiger partial charge in [-0.25, -0.2) is 8.42 Å². The minimum atomic E-state index is -4.04. The second-order valence-corrected chi connectivity index (χ2v) is 10.6. The predicted molar refractivity (Wildman–Crippen MR) is 142 cm³/mol. The molecule has 0 unspecified atom stereocenters. The fraction of sp³-hybridized carbons (Fsp3) is 0.286. The van der Waals surface area contributed by atoms with Crippen molar-refractivity contribution in [2.24, 2.45) is 0 Å². The minimum absolute atomic E-state index is 0.0836. The number of sulfonamides is 1. The van der Waals surface area contributed by atoms with E-state index in [2.05, 4.69) is 5.32 Å². The first-order valence-corrected chi connectivity index (χ1v) is 13.3. The first-order chi connectivity index (χ1) is 17.1. The van der Waals surface area contributed by atoms with Crippen LogP contribution in [-0.2, 0) is 26.2 Å². The molecular formula is C28H33N3O4S. The van der Waals surface area contributed by atoms with Gasteiger partial charge in [-0.15, -0.1) is 0 Å². The molecule has 3 aromatic carbocycles. The molecule has 2 amide bonds. The van der Waals surface area contributed by atoms with Crippen LogP contribution in [0.1, 0.15) is 30.5 Å². The van der Waals surface area contributed by atoms with Crippen LogP contribution in [0.2, 0.25) is 0 Å². The average Bonchev–Trinajstić information content (AvgIpc) is 2.87. The molecule has 0 aliphatic heterocycles. The van der Waals surface area contributed by atoms with Gasteiger partial charge >= 0.3 is 0 Å². The van der Waals surface area contributed by atoms with E-state index in [4.69, 9.17) is 0 Å². The molecule has 0 aliphatic carbocycles. The number of carbonyl (C=O) groups excluding carboxylic acids is 2. The Bertz CT molecular complexity index is 1270. The Morgan fingerprint density at radius 3 is 1.97 bits per heavy atom. The Morgan fingerprint density at radius 1 is 0.861 bits per heavy atom. The summed E-state index contributed by atoms with van der Waals surface area (Å²) in [7, 11) is -4.04. The maximum Gasteiger partial charge on any atom is 0.264 e. The van der Waals surface area contributed by atoms with E-state index in [0.29, 0.717) is 12.2 Å². The number of amides is 2. The highest BCUT2D eigenvalue weighted by Gasteiger charge is 2.32. The van der Waals surface area contributed by atoms with Crippen LogP contribution >= 0.6 is 0 Å². The summed E-state index contributed by atoms with van der Waals surface area (Å²) in [5.41, 5.74) is 3.26. The van der Waals surface area contributed by atoms with Crippen molar-refractivity contribution in [1.82, 2.24) is 10.2 Å². The summed E-state index contributed by atoms with van der Waals surface area (Å²) in [5.74, 6) is -0.778. The van der Waals surface area contributed by atoms with Crippen molar-refractivity contribution in [2.45, 2.75) is 45.2 Å². The van der Waals surface area contributed by atoms with Gasteiger partial charge < -0.3 is 10.2 Å². The first kappa shape index (κ1) is 26.9. The zero-order valence-corrected chi connectivity index (χ0v) is 22.0. The second kappa shape index (κ2) is 11.9. The molecule has 0 bridgehead atoms. The molecule has 3 rings (SSSR count). The maximum atomic E-state index is 13.7. The summed E-state index contributed by atoms with van der Waals surface area (Å²) in [6.45, 7) is 7.48. The van der Waals surface area contributed by atoms with Crippen LogP contribution in [0.25, 0.3) is 0 Å². The number of likely N-dealkylation sites (N-methyl/N-ethyl adjacent to an activating group) is 1. The number of aryl methyl sites for hydroxylation is 2. The Labute approximate surface area is 213 Å². The number of rotatable bonds is 10. The molecule has 1 atom stereocenters. The van der Waals surface area contributed by atoms with Gasteiger partial charge in [-0.2, -0.15) is 0 Å². The number of benzene rings is 3. The van der Waals surface area contributed by atoms with Crippen molar-refractivity contribution in [3.63, 3.8) is 0 Å². The van der Waals surface area contributed by atoms with E-state index < -0.39 is 28.5 Å². The third kappa shape index (κ3) is 6.51. The number of nitrogens with zero attached hydrogens (tertiary/aromatic N) is 2. The van der Waals surface area contributed by atoms with E-state index >= 15 is 0 Å². The number of anilines is 1. The van der Waals surface area contributed by atoms with E-state index in [0.717, 1.165) is 21.0 Å². The molecule has 7 nitrogen and oxygen atoms in total. The molecule has 8 heteroatoms. The quantitative estimate of drug-likeness (QED) is 0.449. The molecule has 36 heavy (non-hydrogen) atoms. The highest BCUT2D eigenvalue weighted by atomic mass is 32.2. The normalized spacial score (nSPS) is 12.0. The van der Waals surface area contributed by atoms with E-state index in [9.17, 15) is 18.0 Å². The molecule has 1 N–H and O–H groups in total. The van der Waals surface area contributed by atoms with Gasteiger partial charge in [-0.3, -0.25) is 13.9 Å². The number of carbonyl (C=O) groups is 2. The number of hydrogen-bond donors (Lipinski definition) is 1. The van der Waals surface area contributed by atoms with Crippen molar-refractivity contribution in [3.05, 3.63) is 95.6 Å². The monoisotopic (exact) mass is 507 g/mol. The lowest BCUT2D eigenvalue weighted by molar-refractivity contribution is -0.139. The summed E-state index contributed by atoms with van der Waals surface area (Å²) in [4.78, 5) is 28.0. The highest BCUT2D eigenvalue weighted by molar-refractivity contribution is 7.92. The third-order valence-electron chi connectivity index (χ3n) is 5.92. The zero-order chi connectivity index (χ0) is 26.3. The van der Waals surface area contributed by atoms with Gasteiger partial charge in [0.15, 0.2) is 0 Å². The van der Waals surface area contributed by atoms with Crippen LogP contribution in [0.15, 0.2) is 83.8 Å². The fourth-order valence-corrected chi connectivity index (χ4v) is 5.19. The average molecular weight is 508 g/mol. The summed E-state index contributed by atoms with van der Waals surface area (Å²) in [6.07, 6.45) is 0. The SMILES string of the molecule is CCNC(=O)[C@H](C)N(Cc1ccc(C)cc1)C(=O)CN(c1ccc(C)cc1)S(=O)(=O)c1ccccc1. The Balaban J connectivity index is 2.00. The molecule has 0 saturated heterocycles. The molecule has 0 aromatic heterocycles. The number of nitrogens with one attached hydrogen (secondary N) is 1. The second-order valence-electron chi connectivity index (χ2n) is 8.74. The topological polar surface area (TPSA) is 86.8 Å². The van der Waals surface area contributed by atoms with E-state index in [1.54, 1.807) is 49.4 Å². The predicted octanol–water partition coefficient (Wildman–Crippen LogP) is 4.05. The summed E-state index contributed by atoms with van der Waals surface area (Å²) >= 11 is 0. The Hall–Kier alpha value is -3.65. The van der Waals surface area contributed by atoms with Gasteiger partial charge in [0.2, 0.25) is 11.8 Å². The molecule has 0 spiro atoms. The smallest absolute Gasteiger partial charge is 0.264 e. The minimum Gasteiger partial charge on any atom is -0.355 e. The fourth-order valence-electron chi connectivity index (χ4n) is 3.75. The lowest BCUT2D eigenvalue weighted by Gasteiger charge is -2.32. The molecule has 190 valence electrons. The highest BCUT2D eigenvalue weighted by Crippen LogP contribution is 2.25. The van der Waals surface area contributed by atoms with Gasteiger partial charge in [0.1, 0.15) is 12.6 Å². The first-order valence-electron chi connectivity index (χ1n) is 11.9. The van der Waals surface area contributed by atoms with Gasteiger partial charge in [0.05, 0.1) is 10.6 Å². The van der Waals surface area contributed by atoms with Gasteiger partial charge in [0.25, 0.3) is 10.0 Å². The van der Waals surface area contributed by atoms with E-state index in [-0.39, 0.29) is 17.3 Å². The van der Waals surface area contributed by atoms with Crippen LogP contribution in [0.4, 0.5) is 5.69 Å². The summed E-state index contributed by atoms with van der Waals surface area (Å²) in [5, 5.41) is 2.76. The molecule has 0 aliphatic rings. The van der Waals surface area contributed by atoms with Crippen molar-refractivity contribution in [3.8, 4) is 0 Å². The van der Waals surface area contributed by atoms with E-state index in [1.165, 1.54) is 17.0 Å². The standard InChI is InChI=1S/C28H33N3O4S/c1-5-29-28(33)23(4)30(19-24-15-11-21(2)12-16-24)27(32)20-31(25-17-13-22(3)14-18-25)36(34,35)26-9-7-6-8-10-26/h6-18,23H,5,19-20H2,1-4H3,(H,29,33)/t23-/m0/s1. The van der Waals surface area contributed by atoms with Crippen molar-refractivity contribution in [1.29, 1.82) is 0 Å². The van der Waals surface area contributed by atoms with Crippen LogP contribution in [0, 0.1) is 13.8 Å². The van der Waals surface area contributed by atoms with E-state index in [1.807, 2.05) is 45.0 Å². The van der Waals surface area contributed by atoms with Crippen LogP contribution in [-0.4, -0.2) is 44.3 Å². The molecule has 0 heterocycles. The van der Waals surface area contributed by atoms with Crippen LogP contribution in [0.3, 0.4) is 0 Å². The van der Waals surface area contributed by atoms with Crippen molar-refractivity contribution < 1.29 is 18.0 Å². The maximum absolute atomic E-state index is 13.7. The lowest BCUT2D eigenvalue weighted by Crippen LogP contribution is -2.51. The Kier molecular flexibility index (Phi) is 8.88. The zero-order valence-electron chi connectivity index (χ0n) is 21.1. The van der Waals surface area contributed by atoms with Crippen molar-refractivity contribution >= 4 is 27.5 Å². The summed E-state index contributed by atoms with van der Waals surface area (Å²) < 4.78 is 28.4. The van der Waals surface area contributed by atoms with Crippen LogP contribution < -0.4 is 9.62 Å². The largest absolute Gasteiger partial charge is 0.355 e. The van der Waals surface area contributed by atoms with Crippen molar-refractivity contribution in [2.75, 3.05) is 17.4 Å².